The standard InChI is InChI=1S/C16H21NO2/c1-12(2)17-10-14(18)11-19-16-9-5-7-13-6-3-4-8-15(13)16/h3-9,12,14,17-18H,10-11H2,1-2H3/i1D3,11D2. The fourth-order valence-electron chi connectivity index (χ4n) is 1.75. The molecule has 3 heteroatoms. The lowest BCUT2D eigenvalue weighted by Crippen LogP contribution is -2.35. The molecule has 0 fully saturated rings. The van der Waals surface area contributed by atoms with E-state index in [0.717, 1.165) is 10.8 Å². The second-order valence-corrected chi connectivity index (χ2v) is 4.34. The second-order valence-electron chi connectivity index (χ2n) is 4.34. The Labute approximate surface area is 121 Å². The van der Waals surface area contributed by atoms with Crippen LogP contribution in [0.1, 0.15) is 20.6 Å². The molecule has 2 N–H and O–H groups in total. The highest BCUT2D eigenvalue weighted by molar-refractivity contribution is 5.88. The minimum absolute atomic E-state index is 0.239. The first-order chi connectivity index (χ1) is 11.1. The Bertz CT molecular complexity index is 684. The summed E-state index contributed by atoms with van der Waals surface area (Å²) in [5.41, 5.74) is 0. The summed E-state index contributed by atoms with van der Waals surface area (Å²) in [6, 6.07) is 11.8. The van der Waals surface area contributed by atoms with E-state index < -0.39 is 25.6 Å². The summed E-state index contributed by atoms with van der Waals surface area (Å²) in [6.07, 6.45) is -1.53. The second kappa shape index (κ2) is 6.55. The molecular weight excluding hydrogens is 238 g/mol. The smallest absolute Gasteiger partial charge is 0.127 e. The molecule has 0 aliphatic rings. The fraction of sp³-hybridized carbons (Fsp3) is 0.375. The van der Waals surface area contributed by atoms with E-state index in [1.165, 1.54) is 6.92 Å². The number of ether oxygens (including phenoxy) is 1. The van der Waals surface area contributed by atoms with Crippen LogP contribution in [-0.4, -0.2) is 30.4 Å². The van der Waals surface area contributed by atoms with Crippen LogP contribution in [0.15, 0.2) is 42.5 Å². The van der Waals surface area contributed by atoms with Crippen LogP contribution in [-0.2, 0) is 0 Å². The van der Waals surface area contributed by atoms with Crippen molar-refractivity contribution in [1.82, 2.24) is 5.32 Å². The lowest BCUT2D eigenvalue weighted by molar-refractivity contribution is 0.105. The Morgan fingerprint density at radius 2 is 2.11 bits per heavy atom. The summed E-state index contributed by atoms with van der Waals surface area (Å²) in [5, 5.41) is 14.3. The average molecular weight is 264 g/mol. The SMILES string of the molecule is [2H]C([2H])([2H])C(C)NCC(O)C([2H])([2H])Oc1cccc2ccccc12. The van der Waals surface area contributed by atoms with E-state index in [2.05, 4.69) is 5.32 Å². The first-order valence-electron chi connectivity index (χ1n) is 8.69. The molecule has 0 amide bonds. The number of hydrogen-bond acceptors (Lipinski definition) is 3. The van der Waals surface area contributed by atoms with Gasteiger partial charge in [0.2, 0.25) is 0 Å². The number of rotatable bonds is 6. The highest BCUT2D eigenvalue weighted by atomic mass is 16.5. The van der Waals surface area contributed by atoms with Crippen LogP contribution < -0.4 is 10.1 Å². The zero-order chi connectivity index (χ0) is 18.0. The lowest BCUT2D eigenvalue weighted by atomic mass is 10.1. The first kappa shape index (κ1) is 8.56. The molecule has 0 saturated heterocycles. The van der Waals surface area contributed by atoms with Gasteiger partial charge >= 0.3 is 0 Å². The Hall–Kier alpha value is -1.58. The van der Waals surface area contributed by atoms with Gasteiger partial charge in [-0.15, -0.1) is 0 Å². The Morgan fingerprint density at radius 3 is 2.95 bits per heavy atom. The Kier molecular flexibility index (Phi) is 2.95. The zero-order valence-electron chi connectivity index (χ0n) is 15.8. The first-order valence-corrected chi connectivity index (χ1v) is 6.19. The van der Waals surface area contributed by atoms with E-state index >= 15 is 0 Å². The van der Waals surface area contributed by atoms with Gasteiger partial charge in [-0.05, 0) is 11.5 Å². The molecule has 0 aliphatic heterocycles. The Balaban J connectivity index is 2.09. The third-order valence-electron chi connectivity index (χ3n) is 2.67. The third kappa shape index (κ3) is 3.94. The normalized spacial score (nSPS) is 19.6. The maximum atomic E-state index is 10.1. The van der Waals surface area contributed by atoms with E-state index in [1.807, 2.05) is 30.3 Å². The minimum Gasteiger partial charge on any atom is -0.490 e. The average Bonchev–Trinajstić information content (AvgIpc) is 2.51. The molecule has 19 heavy (non-hydrogen) atoms. The highest BCUT2D eigenvalue weighted by Crippen LogP contribution is 2.25. The van der Waals surface area contributed by atoms with Crippen LogP contribution in [0.3, 0.4) is 0 Å². The maximum absolute atomic E-state index is 10.1. The molecule has 0 radical (unpaired) electrons. The lowest BCUT2D eigenvalue weighted by Gasteiger charge is -2.15. The monoisotopic (exact) mass is 264 g/mol. The van der Waals surface area contributed by atoms with E-state index in [4.69, 9.17) is 11.6 Å². The maximum Gasteiger partial charge on any atom is 0.127 e. The predicted molar refractivity (Wildman–Crippen MR) is 78.6 cm³/mol. The minimum atomic E-state index is -2.37. The van der Waals surface area contributed by atoms with E-state index in [1.54, 1.807) is 12.1 Å². The number of aliphatic hydroxyl groups is 1. The van der Waals surface area contributed by atoms with Crippen LogP contribution >= 0.6 is 0 Å². The van der Waals surface area contributed by atoms with Gasteiger partial charge in [-0.25, -0.2) is 0 Å². The molecule has 0 heterocycles. The molecule has 0 aromatic heterocycles. The van der Waals surface area contributed by atoms with Crippen molar-refractivity contribution in [2.24, 2.45) is 0 Å². The summed E-state index contributed by atoms with van der Waals surface area (Å²) in [6.45, 7) is -3.37. The summed E-state index contributed by atoms with van der Waals surface area (Å²) in [7, 11) is 0. The van der Waals surface area contributed by atoms with Crippen LogP contribution in [0.2, 0.25) is 0 Å². The summed E-state index contributed by atoms with van der Waals surface area (Å²) in [4.78, 5) is 0. The molecule has 0 bridgehead atoms. The van der Waals surface area contributed by atoms with Crippen LogP contribution in [0.5, 0.6) is 5.75 Å². The summed E-state index contributed by atoms with van der Waals surface area (Å²) >= 11 is 0. The van der Waals surface area contributed by atoms with Crippen molar-refractivity contribution < 1.29 is 16.7 Å². The Morgan fingerprint density at radius 1 is 1.32 bits per heavy atom. The molecule has 102 valence electrons. The summed E-state index contributed by atoms with van der Waals surface area (Å²) < 4.78 is 43.1. The molecule has 2 rings (SSSR count). The third-order valence-corrected chi connectivity index (χ3v) is 2.67. The number of hydrogen-bond donors (Lipinski definition) is 2. The fourth-order valence-corrected chi connectivity index (χ4v) is 1.75. The molecule has 2 atom stereocenters. The van der Waals surface area contributed by atoms with Crippen LogP contribution in [0, 0.1) is 0 Å². The van der Waals surface area contributed by atoms with Crippen molar-refractivity contribution in [1.29, 1.82) is 0 Å². The van der Waals surface area contributed by atoms with Crippen molar-refractivity contribution in [3.63, 3.8) is 0 Å². The van der Waals surface area contributed by atoms with Crippen LogP contribution in [0.4, 0.5) is 0 Å². The van der Waals surface area contributed by atoms with Gasteiger partial charge in [0.15, 0.2) is 0 Å². The molecule has 0 saturated carbocycles. The van der Waals surface area contributed by atoms with Gasteiger partial charge in [-0.3, -0.25) is 0 Å². The van der Waals surface area contributed by atoms with Crippen molar-refractivity contribution in [3.05, 3.63) is 42.5 Å². The van der Waals surface area contributed by atoms with E-state index in [0.29, 0.717) is 5.75 Å². The molecule has 0 aliphatic carbocycles. The number of benzene rings is 2. The van der Waals surface area contributed by atoms with Gasteiger partial charge in [0.25, 0.3) is 0 Å². The van der Waals surface area contributed by atoms with Crippen LogP contribution in [0.25, 0.3) is 10.8 Å². The predicted octanol–water partition coefficient (Wildman–Crippen LogP) is 2.58. The largest absolute Gasteiger partial charge is 0.490 e. The van der Waals surface area contributed by atoms with Gasteiger partial charge in [0.1, 0.15) is 18.4 Å². The van der Waals surface area contributed by atoms with Crippen molar-refractivity contribution in [2.45, 2.75) is 25.9 Å². The molecular formula is C16H21NO2. The molecule has 2 aromatic carbocycles. The molecule has 0 spiro atoms. The van der Waals surface area contributed by atoms with Crippen molar-refractivity contribution in [2.75, 3.05) is 13.1 Å². The van der Waals surface area contributed by atoms with Crippen molar-refractivity contribution in [3.8, 4) is 5.75 Å². The zero-order valence-corrected chi connectivity index (χ0v) is 10.8. The molecule has 2 aromatic rings. The number of nitrogens with one attached hydrogen (secondary N) is 1. The molecule has 2 unspecified atom stereocenters. The van der Waals surface area contributed by atoms with Gasteiger partial charge in [0, 0.05) is 22.1 Å². The van der Waals surface area contributed by atoms with Gasteiger partial charge in [-0.1, -0.05) is 50.2 Å². The summed E-state index contributed by atoms with van der Waals surface area (Å²) in [5.74, 6) is 0.320. The van der Waals surface area contributed by atoms with Gasteiger partial charge < -0.3 is 15.2 Å². The highest BCUT2D eigenvalue weighted by Gasteiger charge is 2.07. The van der Waals surface area contributed by atoms with Gasteiger partial charge in [0.05, 0.1) is 2.74 Å². The number of aliphatic hydroxyl groups excluding tert-OH is 1. The topological polar surface area (TPSA) is 41.5 Å². The van der Waals surface area contributed by atoms with Crippen molar-refractivity contribution >= 4 is 10.8 Å². The molecule has 3 nitrogen and oxygen atoms in total. The van der Waals surface area contributed by atoms with E-state index in [9.17, 15) is 5.11 Å². The quantitative estimate of drug-likeness (QED) is 0.842. The number of fused-ring (bicyclic) bond motifs is 1. The van der Waals surface area contributed by atoms with E-state index in [-0.39, 0.29) is 6.54 Å². The van der Waals surface area contributed by atoms with Gasteiger partial charge in [-0.2, -0.15) is 0 Å².